The maximum Gasteiger partial charge on any atom is 4.00 e. The molecule has 0 bridgehead atoms. The Kier molecular flexibility index (Phi) is 18.1. The van der Waals surface area contributed by atoms with E-state index >= 15 is 0 Å². The second-order valence-corrected chi connectivity index (χ2v) is 29.7. The van der Waals surface area contributed by atoms with Crippen LogP contribution in [0.15, 0.2) is 0 Å². The third-order valence-corrected chi connectivity index (χ3v) is 19.6. The minimum Gasteiger partial charge on any atom is 4.00 e. The van der Waals surface area contributed by atoms with Gasteiger partial charge in [0.25, 0.3) is 0 Å². The first kappa shape index (κ1) is 62.1. The minimum absolute atomic E-state index is 0. The fraction of sp³-hybridized carbons (Fsp3) is 0. The van der Waals surface area contributed by atoms with Gasteiger partial charge >= 0.3 is 352 Å². The molecular formula is C24Fe4N24Pt3. The molecule has 0 aromatic carbocycles. The molecule has 0 aliphatic carbocycles. The number of rotatable bonds is 0. The molecule has 0 N–H and O–H groups in total. The van der Waals surface area contributed by atoms with Crippen molar-refractivity contribution in [2.75, 3.05) is 0 Å². The Morgan fingerprint density at radius 1 is 0.127 bits per heavy atom. The molecule has 0 heterocycles. The second-order valence-electron chi connectivity index (χ2n) is 7.20. The first-order valence-corrected chi connectivity index (χ1v) is 22.9. The third-order valence-electron chi connectivity index (χ3n) is 4.74. The van der Waals surface area contributed by atoms with Gasteiger partial charge in [-0.15, -0.1) is 0 Å². The second kappa shape index (κ2) is 16.1. The van der Waals surface area contributed by atoms with Gasteiger partial charge in [0.1, 0.15) is 0 Å². The van der Waals surface area contributed by atoms with Gasteiger partial charge in [0, 0.05) is 0 Å². The van der Waals surface area contributed by atoms with E-state index in [4.69, 9.17) is 126 Å². The van der Waals surface area contributed by atoms with Gasteiger partial charge in [0.2, 0.25) is 0 Å². The van der Waals surface area contributed by atoms with Crippen molar-refractivity contribution in [1.29, 1.82) is 126 Å². The van der Waals surface area contributed by atoms with Crippen molar-refractivity contribution in [1.82, 2.24) is 0 Å². The summed E-state index contributed by atoms with van der Waals surface area (Å²) in [6, 6.07) is 0. The monoisotopic (exact) mass is 1430 g/mol. The van der Waals surface area contributed by atoms with Crippen molar-refractivity contribution in [2.45, 2.75) is 0 Å². The fourth-order valence-corrected chi connectivity index (χ4v) is 4.37. The summed E-state index contributed by atoms with van der Waals surface area (Å²) in [5, 5.41) is 206. The van der Waals surface area contributed by atoms with Crippen LogP contribution in [0.3, 0.4) is 0 Å². The van der Waals surface area contributed by atoms with Gasteiger partial charge in [-0.25, -0.2) is 0 Å². The van der Waals surface area contributed by atoms with Crippen molar-refractivity contribution in [2.24, 2.45) is 0 Å². The van der Waals surface area contributed by atoms with E-state index in [-0.39, 0.29) is 63.2 Å². The quantitative estimate of drug-likeness (QED) is 0.296. The zero-order valence-electron chi connectivity index (χ0n) is 25.1. The van der Waals surface area contributed by atoms with E-state index < -0.39 is 42.9 Å². The Bertz CT molecular complexity index is 1970. The molecule has 0 spiro atoms. The molecule has 0 aliphatic rings. The zero-order valence-corrected chi connectivity index (χ0v) is 36.3. The van der Waals surface area contributed by atoms with Crippen LogP contribution in [0.25, 0.3) is 0 Å². The van der Waals surface area contributed by atoms with Crippen LogP contribution in [-0.4, -0.2) is 0 Å². The summed E-state index contributed by atoms with van der Waals surface area (Å²) in [4.78, 5) is 24.8. The van der Waals surface area contributed by atoms with Crippen molar-refractivity contribution >= 4 is 0 Å². The van der Waals surface area contributed by atoms with Crippen LogP contribution >= 0.6 is 0 Å². The fourth-order valence-electron chi connectivity index (χ4n) is 1.06. The van der Waals surface area contributed by atoms with Gasteiger partial charge in [-0.2, -0.15) is 0 Å². The Morgan fingerprint density at radius 2 is 0.164 bits per heavy atom. The first-order chi connectivity index (χ1) is 23.9. The molecule has 55 heavy (non-hydrogen) atoms. The molecule has 0 atom stereocenters. The van der Waals surface area contributed by atoms with E-state index in [0.717, 1.165) is 119 Å². The number of nitrogens with zero attached hydrogens (tertiary/aromatic N) is 24. The van der Waals surface area contributed by atoms with Crippen molar-refractivity contribution in [3.8, 4) is 119 Å². The van der Waals surface area contributed by atoms with Crippen LogP contribution < -0.4 is 0 Å². The zero-order chi connectivity index (χ0) is 42.6. The Morgan fingerprint density at radius 3 is 0.164 bits per heavy atom. The maximum absolute atomic E-state index is 8.58. The minimum atomic E-state index is -6.17. The van der Waals surface area contributed by atoms with Crippen LogP contribution in [0, 0.1) is 246 Å². The average molecular weight is 1430 g/mol. The molecule has 0 saturated heterocycles. The summed E-state index contributed by atoms with van der Waals surface area (Å²) in [7, 11) is -24.7. The predicted molar refractivity (Wildman–Crippen MR) is 135 cm³/mol. The molecule has 0 aromatic heterocycles. The molecule has 0 amide bonds. The van der Waals surface area contributed by atoms with Crippen molar-refractivity contribution in [3.63, 3.8) is 0 Å². The summed E-state index contributed by atoms with van der Waals surface area (Å²) < 4.78 is 0. The molecule has 0 rings (SSSR count). The summed E-state index contributed by atoms with van der Waals surface area (Å²) in [6.07, 6.45) is 0. The van der Waals surface area contributed by atoms with E-state index in [2.05, 4.69) is 0 Å². The number of hydrogen-bond donors (Lipinski definition) is 0. The predicted octanol–water partition coefficient (Wildman–Crippen LogP) is 0.385. The van der Waals surface area contributed by atoms with Crippen LogP contribution in [0.2, 0.25) is 0 Å². The topological polar surface area (TPSA) is 571 Å². The normalized spacial score (nSPS) is 12.7. The van der Waals surface area contributed by atoms with E-state index in [1.807, 2.05) is 0 Å². The van der Waals surface area contributed by atoms with Crippen LogP contribution in [0.4, 0.5) is 0 Å². The standard InChI is InChI=1S/24CN.4Fe.3Pt/c24*1-2;;;;;;;/q;;;;;;;;;;;;;;;;;;;;;;;;4*-3;3*+4. The molecule has 0 aromatic rings. The molecule has 24 nitrogen and oxygen atoms in total. The smallest absolute Gasteiger partial charge is 4.00 e. The Labute approximate surface area is 347 Å². The van der Waals surface area contributed by atoms with E-state index in [1.54, 1.807) is 0 Å². The molecule has 0 unspecified atom stereocenters. The number of nitriles is 24. The molecule has 0 fully saturated rings. The van der Waals surface area contributed by atoms with Crippen LogP contribution in [-0.2, 0) is 106 Å². The molecular weight excluding hydrogens is 1430 g/mol. The average Bonchev–Trinajstić information content (AvgIpc) is 3.27. The van der Waals surface area contributed by atoms with Gasteiger partial charge < -0.3 is 0 Å². The van der Waals surface area contributed by atoms with Gasteiger partial charge in [0.05, 0.1) is 0 Å². The van der Waals surface area contributed by atoms with Crippen LogP contribution in [0.1, 0.15) is 0 Å². The first-order valence-electron chi connectivity index (χ1n) is 9.61. The summed E-state index contributed by atoms with van der Waals surface area (Å²) in [5.74, 6) is 0. The molecule has 278 valence electrons. The van der Waals surface area contributed by atoms with Crippen molar-refractivity contribution < 1.29 is 106 Å². The molecule has 0 aliphatic heterocycles. The number of hydrogen-bond acceptors (Lipinski definition) is 24. The van der Waals surface area contributed by atoms with Gasteiger partial charge in [-0.1, -0.05) is 0 Å². The molecule has 0 radical (unpaired) electrons. The Balaban J connectivity index is -0.000000110. The Hall–Kier alpha value is -8.10. The van der Waals surface area contributed by atoms with E-state index in [1.165, 1.54) is 0 Å². The van der Waals surface area contributed by atoms with Crippen molar-refractivity contribution in [3.05, 3.63) is 0 Å². The van der Waals surface area contributed by atoms with Gasteiger partial charge in [0.15, 0.2) is 0 Å². The van der Waals surface area contributed by atoms with Crippen LogP contribution in [0.5, 0.6) is 0 Å². The van der Waals surface area contributed by atoms with Gasteiger partial charge in [-0.05, 0) is 0 Å². The van der Waals surface area contributed by atoms with E-state index in [9.17, 15) is 0 Å². The van der Waals surface area contributed by atoms with E-state index in [0.29, 0.717) is 0 Å². The largest absolute Gasteiger partial charge is 4.00 e. The summed E-state index contributed by atoms with van der Waals surface area (Å²) in [5.41, 5.74) is 0. The summed E-state index contributed by atoms with van der Waals surface area (Å²) in [6.45, 7) is 0. The maximum atomic E-state index is 8.58. The SMILES string of the molecule is N#[C][Fe-3]([C]#N)([C]#N)([C]#N)([C]#N)[C]#N.N#[C][Fe-3]([C]#N)([C]#N)([C]#N)([C]#N)[C]#N.N#[C][Fe-3]([C]#N)([C]#N)([C]#N)([C]#N)[C]#N.N#[C][Fe-3]([C]#N)([C]#N)([C]#N)([C]#N)[C]#N.[Pt+4].[Pt+4].[Pt+4]. The molecule has 31 heteroatoms. The third kappa shape index (κ3) is 7.07. The van der Waals surface area contributed by atoms with Gasteiger partial charge in [-0.3, -0.25) is 0 Å². The molecule has 0 saturated carbocycles. The summed E-state index contributed by atoms with van der Waals surface area (Å²) >= 11 is 0.